The average Bonchev–Trinajstić information content (AvgIpc) is 3.29. The Balaban J connectivity index is 1.40. The van der Waals surface area contributed by atoms with E-state index in [0.717, 1.165) is 0 Å². The molecular weight excluding hydrogens is 389 g/mol. The van der Waals surface area contributed by atoms with Crippen molar-refractivity contribution in [3.63, 3.8) is 0 Å². The summed E-state index contributed by atoms with van der Waals surface area (Å²) in [6, 6.07) is 4.33. The van der Waals surface area contributed by atoms with E-state index >= 15 is 0 Å². The summed E-state index contributed by atoms with van der Waals surface area (Å²) in [6.07, 6.45) is 8.36. The van der Waals surface area contributed by atoms with E-state index in [0.29, 0.717) is 55.8 Å². The fraction of sp³-hybridized carbons (Fsp3) is 0.333. The molecular formula is C21H20FN5O3. The predicted molar refractivity (Wildman–Crippen MR) is 105 cm³/mol. The SMILES string of the molecule is O=C1NCC2(CCCN(C(=O)c3cc(F)cc(-c4cnc5nccn5c4)c3)CC2)O1. The Bertz CT molecular complexity index is 1150. The molecule has 4 heterocycles. The van der Waals surface area contributed by atoms with E-state index in [2.05, 4.69) is 15.3 Å². The number of nitrogens with one attached hydrogen (secondary N) is 1. The van der Waals surface area contributed by atoms with E-state index in [1.165, 1.54) is 12.1 Å². The lowest BCUT2D eigenvalue weighted by Gasteiger charge is -2.25. The van der Waals surface area contributed by atoms with Crippen LogP contribution in [0.3, 0.4) is 0 Å². The van der Waals surface area contributed by atoms with Crippen LogP contribution in [0.15, 0.2) is 43.0 Å². The largest absolute Gasteiger partial charge is 0.441 e. The molecule has 2 fully saturated rings. The van der Waals surface area contributed by atoms with Crippen molar-refractivity contribution < 1.29 is 18.7 Å². The summed E-state index contributed by atoms with van der Waals surface area (Å²) in [5.41, 5.74) is 0.994. The molecule has 1 spiro atoms. The number of benzene rings is 1. The van der Waals surface area contributed by atoms with Crippen LogP contribution in [-0.2, 0) is 4.74 Å². The lowest BCUT2D eigenvalue weighted by atomic mass is 9.95. The molecule has 2 aromatic heterocycles. The number of fused-ring (bicyclic) bond motifs is 1. The minimum absolute atomic E-state index is 0.234. The smallest absolute Gasteiger partial charge is 0.407 e. The van der Waals surface area contributed by atoms with Crippen molar-refractivity contribution in [3.8, 4) is 11.1 Å². The zero-order valence-electron chi connectivity index (χ0n) is 16.2. The number of nitrogens with zero attached hydrogens (tertiary/aromatic N) is 4. The number of ether oxygens (including phenoxy) is 1. The number of hydrogen-bond donors (Lipinski definition) is 1. The molecule has 5 rings (SSSR count). The molecule has 0 aliphatic carbocycles. The molecule has 3 aromatic rings. The van der Waals surface area contributed by atoms with E-state index in [9.17, 15) is 14.0 Å². The van der Waals surface area contributed by atoms with Crippen molar-refractivity contribution in [1.82, 2.24) is 24.6 Å². The maximum absolute atomic E-state index is 14.4. The lowest BCUT2D eigenvalue weighted by molar-refractivity contribution is 0.0438. The lowest BCUT2D eigenvalue weighted by Crippen LogP contribution is -2.36. The molecule has 0 saturated carbocycles. The molecule has 8 nitrogen and oxygen atoms in total. The second kappa shape index (κ2) is 7.08. The number of aromatic nitrogens is 3. The second-order valence-electron chi connectivity index (χ2n) is 7.78. The standard InChI is InChI=1S/C21H20FN5O3/c22-17-9-14(16-11-24-19-23-4-7-27(19)12-16)8-15(10-17)18(28)26-5-1-2-21(3-6-26)13-25-20(29)30-21/h4,7-12H,1-3,5-6,13H2,(H,25,29). The molecule has 2 aliphatic heterocycles. The minimum atomic E-state index is -0.551. The van der Waals surface area contributed by atoms with Gasteiger partial charge in [0.1, 0.15) is 11.4 Å². The molecule has 1 atom stereocenters. The summed E-state index contributed by atoms with van der Waals surface area (Å²) in [7, 11) is 0. The van der Waals surface area contributed by atoms with Gasteiger partial charge in [0.15, 0.2) is 0 Å². The molecule has 2 aliphatic rings. The summed E-state index contributed by atoms with van der Waals surface area (Å²) in [4.78, 5) is 34.7. The zero-order valence-corrected chi connectivity index (χ0v) is 16.2. The highest BCUT2D eigenvalue weighted by Crippen LogP contribution is 2.30. The quantitative estimate of drug-likeness (QED) is 0.703. The van der Waals surface area contributed by atoms with Crippen LogP contribution < -0.4 is 5.32 Å². The first-order valence-electron chi connectivity index (χ1n) is 9.87. The molecule has 1 aromatic carbocycles. The first-order chi connectivity index (χ1) is 14.5. The van der Waals surface area contributed by atoms with Gasteiger partial charge in [0.25, 0.3) is 5.91 Å². The highest BCUT2D eigenvalue weighted by atomic mass is 19.1. The van der Waals surface area contributed by atoms with Crippen molar-refractivity contribution in [2.75, 3.05) is 19.6 Å². The van der Waals surface area contributed by atoms with Crippen molar-refractivity contribution in [3.05, 3.63) is 54.4 Å². The predicted octanol–water partition coefficient (Wildman–Crippen LogP) is 2.64. The summed E-state index contributed by atoms with van der Waals surface area (Å²) in [5, 5.41) is 2.70. The Labute approximate surface area is 171 Å². The van der Waals surface area contributed by atoms with E-state index in [1.54, 1.807) is 40.2 Å². The van der Waals surface area contributed by atoms with E-state index in [4.69, 9.17) is 4.74 Å². The normalized spacial score (nSPS) is 21.5. The Morgan fingerprint density at radius 2 is 2.07 bits per heavy atom. The maximum atomic E-state index is 14.4. The summed E-state index contributed by atoms with van der Waals surface area (Å²) >= 11 is 0. The average molecular weight is 409 g/mol. The Morgan fingerprint density at radius 1 is 1.17 bits per heavy atom. The summed E-state index contributed by atoms with van der Waals surface area (Å²) in [6.45, 7) is 1.44. The fourth-order valence-corrected chi connectivity index (χ4v) is 4.18. The third-order valence-corrected chi connectivity index (χ3v) is 5.77. The molecule has 2 amide bonds. The van der Waals surface area contributed by atoms with Gasteiger partial charge in [-0.1, -0.05) is 0 Å². The minimum Gasteiger partial charge on any atom is -0.441 e. The topological polar surface area (TPSA) is 88.8 Å². The highest BCUT2D eigenvalue weighted by Gasteiger charge is 2.41. The number of alkyl carbamates (subject to hydrolysis) is 1. The van der Waals surface area contributed by atoms with Crippen molar-refractivity contribution in [1.29, 1.82) is 0 Å². The Morgan fingerprint density at radius 3 is 2.90 bits per heavy atom. The van der Waals surface area contributed by atoms with Gasteiger partial charge in [0, 0.05) is 55.4 Å². The molecule has 154 valence electrons. The molecule has 30 heavy (non-hydrogen) atoms. The van der Waals surface area contributed by atoms with Gasteiger partial charge in [-0.2, -0.15) is 0 Å². The van der Waals surface area contributed by atoms with E-state index in [1.807, 2.05) is 0 Å². The highest BCUT2D eigenvalue weighted by molar-refractivity contribution is 5.95. The Kier molecular flexibility index (Phi) is 4.38. The number of likely N-dealkylation sites (tertiary alicyclic amines) is 1. The Hall–Kier alpha value is -3.49. The van der Waals surface area contributed by atoms with E-state index < -0.39 is 17.5 Å². The number of hydrogen-bond acceptors (Lipinski definition) is 5. The first-order valence-corrected chi connectivity index (χ1v) is 9.87. The molecule has 1 unspecified atom stereocenters. The van der Waals surface area contributed by atoms with Crippen LogP contribution in [0, 0.1) is 5.82 Å². The van der Waals surface area contributed by atoms with E-state index in [-0.39, 0.29) is 11.5 Å². The van der Waals surface area contributed by atoms with Gasteiger partial charge < -0.3 is 15.0 Å². The number of rotatable bonds is 2. The van der Waals surface area contributed by atoms with Crippen LogP contribution in [-0.4, -0.2) is 56.5 Å². The number of carbonyl (C=O) groups is 2. The summed E-state index contributed by atoms with van der Waals surface area (Å²) < 4.78 is 21.6. The van der Waals surface area contributed by atoms with Gasteiger partial charge in [-0.05, 0) is 36.6 Å². The van der Waals surface area contributed by atoms with Crippen molar-refractivity contribution in [2.45, 2.75) is 24.9 Å². The fourth-order valence-electron chi connectivity index (χ4n) is 4.18. The molecule has 2 saturated heterocycles. The van der Waals surface area contributed by atoms with Crippen LogP contribution in [0.1, 0.15) is 29.6 Å². The van der Waals surface area contributed by atoms with Crippen LogP contribution in [0.4, 0.5) is 9.18 Å². The van der Waals surface area contributed by atoms with Gasteiger partial charge in [0.05, 0.1) is 6.54 Å². The third kappa shape index (κ3) is 3.36. The van der Waals surface area contributed by atoms with Crippen molar-refractivity contribution >= 4 is 17.8 Å². The maximum Gasteiger partial charge on any atom is 0.407 e. The monoisotopic (exact) mass is 409 g/mol. The van der Waals surface area contributed by atoms with Gasteiger partial charge in [0.2, 0.25) is 5.78 Å². The number of carbonyl (C=O) groups excluding carboxylic acids is 2. The van der Waals surface area contributed by atoms with Crippen molar-refractivity contribution in [2.24, 2.45) is 0 Å². The second-order valence-corrected chi connectivity index (χ2v) is 7.78. The van der Waals surface area contributed by atoms with Gasteiger partial charge in [-0.25, -0.2) is 19.2 Å². The first kappa shape index (κ1) is 18.5. The number of imidazole rings is 1. The van der Waals surface area contributed by atoms with Crippen LogP contribution >= 0.6 is 0 Å². The molecule has 0 bridgehead atoms. The third-order valence-electron chi connectivity index (χ3n) is 5.77. The van der Waals surface area contributed by atoms with Gasteiger partial charge >= 0.3 is 6.09 Å². The number of amides is 2. The van der Waals surface area contributed by atoms with Gasteiger partial charge in [-0.15, -0.1) is 0 Å². The molecule has 1 N–H and O–H groups in total. The number of halogens is 1. The van der Waals surface area contributed by atoms with Crippen LogP contribution in [0.5, 0.6) is 0 Å². The zero-order chi connectivity index (χ0) is 20.7. The van der Waals surface area contributed by atoms with Crippen LogP contribution in [0.2, 0.25) is 0 Å². The molecule has 0 radical (unpaired) electrons. The van der Waals surface area contributed by atoms with Gasteiger partial charge in [-0.3, -0.25) is 9.20 Å². The molecule has 9 heteroatoms. The van der Waals surface area contributed by atoms with Crippen LogP contribution in [0.25, 0.3) is 16.9 Å². The summed E-state index contributed by atoms with van der Waals surface area (Å²) in [5.74, 6) is -0.171.